The largest absolute Gasteiger partial charge is 0.310 e. The van der Waals surface area contributed by atoms with E-state index in [4.69, 9.17) is 0 Å². The molecule has 160 valence electrons. The molecule has 0 unspecified atom stereocenters. The summed E-state index contributed by atoms with van der Waals surface area (Å²) >= 11 is 0. The number of para-hydroxylation sites is 2. The highest BCUT2D eigenvalue weighted by molar-refractivity contribution is 6.36. The molecule has 7 aromatic carbocycles. The van der Waals surface area contributed by atoms with Gasteiger partial charge in [0.2, 0.25) is 0 Å². The smallest absolute Gasteiger partial charge is 0.0546 e. The highest BCUT2D eigenvalue weighted by Gasteiger charge is 2.21. The molecule has 0 heterocycles. The Bertz CT molecular complexity index is 1760. The summed E-state index contributed by atoms with van der Waals surface area (Å²) in [5.74, 6) is 0. The average molecular weight is 434 g/mol. The molecule has 34 heavy (non-hydrogen) atoms. The van der Waals surface area contributed by atoms with Crippen LogP contribution in [0.25, 0.3) is 43.1 Å². The number of aryl methyl sites for hydroxylation is 1. The Morgan fingerprint density at radius 2 is 0.971 bits per heavy atom. The van der Waals surface area contributed by atoms with Gasteiger partial charge in [0.1, 0.15) is 0 Å². The van der Waals surface area contributed by atoms with Crippen LogP contribution in [0.2, 0.25) is 0 Å². The zero-order valence-corrected chi connectivity index (χ0v) is 19.0. The van der Waals surface area contributed by atoms with E-state index in [9.17, 15) is 0 Å². The molecule has 0 aliphatic heterocycles. The molecular weight excluding hydrogens is 410 g/mol. The van der Waals surface area contributed by atoms with Crippen LogP contribution in [0, 0.1) is 6.92 Å². The molecule has 1 nitrogen and oxygen atoms in total. The number of nitrogens with zero attached hydrogens (tertiary/aromatic N) is 1. The molecule has 7 rings (SSSR count). The van der Waals surface area contributed by atoms with E-state index in [1.165, 1.54) is 54.3 Å². The van der Waals surface area contributed by atoms with Crippen LogP contribution in [0.4, 0.5) is 17.1 Å². The molecule has 0 radical (unpaired) electrons. The SMILES string of the molecule is Cc1ccc2c3ccccc3c3c(N(c4ccccc4)c4ccccc4)ccc4ccc1c2c43. The molecular formula is C33H23N. The first-order chi connectivity index (χ1) is 16.8. The molecule has 0 saturated carbocycles. The van der Waals surface area contributed by atoms with Crippen molar-refractivity contribution in [1.82, 2.24) is 0 Å². The lowest BCUT2D eigenvalue weighted by atomic mass is 9.87. The van der Waals surface area contributed by atoms with Gasteiger partial charge in [-0.15, -0.1) is 0 Å². The van der Waals surface area contributed by atoms with Crippen molar-refractivity contribution in [2.24, 2.45) is 0 Å². The lowest BCUT2D eigenvalue weighted by molar-refractivity contribution is 1.30. The fourth-order valence-corrected chi connectivity index (χ4v) is 5.60. The zero-order chi connectivity index (χ0) is 22.6. The van der Waals surface area contributed by atoms with Crippen LogP contribution >= 0.6 is 0 Å². The summed E-state index contributed by atoms with van der Waals surface area (Å²) in [6.07, 6.45) is 0. The number of hydrogen-bond donors (Lipinski definition) is 0. The number of anilines is 3. The van der Waals surface area contributed by atoms with Gasteiger partial charge in [0, 0.05) is 22.1 Å². The van der Waals surface area contributed by atoms with E-state index in [0.717, 1.165) is 11.4 Å². The van der Waals surface area contributed by atoms with Crippen LogP contribution in [0.3, 0.4) is 0 Å². The van der Waals surface area contributed by atoms with Gasteiger partial charge in [0.25, 0.3) is 0 Å². The number of hydrogen-bond acceptors (Lipinski definition) is 1. The monoisotopic (exact) mass is 433 g/mol. The minimum atomic E-state index is 1.16. The molecule has 0 fully saturated rings. The van der Waals surface area contributed by atoms with Crippen LogP contribution in [-0.4, -0.2) is 0 Å². The number of rotatable bonds is 3. The van der Waals surface area contributed by atoms with Crippen LogP contribution in [-0.2, 0) is 0 Å². The molecule has 1 heteroatoms. The fraction of sp³-hybridized carbons (Fsp3) is 0.0303. The van der Waals surface area contributed by atoms with Crippen molar-refractivity contribution >= 4 is 60.2 Å². The number of benzene rings is 7. The molecule has 0 aliphatic rings. The van der Waals surface area contributed by atoms with Gasteiger partial charge in [0.05, 0.1) is 5.69 Å². The van der Waals surface area contributed by atoms with Crippen LogP contribution in [0.5, 0.6) is 0 Å². The van der Waals surface area contributed by atoms with E-state index in [-0.39, 0.29) is 0 Å². The van der Waals surface area contributed by atoms with Crippen molar-refractivity contribution < 1.29 is 0 Å². The summed E-state index contributed by atoms with van der Waals surface area (Å²) in [7, 11) is 0. The standard InChI is InChI=1S/C33H23N/c1-22-16-19-29-27-14-8-9-15-28(27)33-30(21-18-23-17-20-26(22)32(29)31(23)33)34(24-10-4-2-5-11-24)25-12-6-3-7-13-25/h2-21H,1H3. The average Bonchev–Trinajstić information content (AvgIpc) is 2.90. The molecule has 0 aliphatic carbocycles. The predicted molar refractivity (Wildman–Crippen MR) is 147 cm³/mol. The van der Waals surface area contributed by atoms with Crippen molar-refractivity contribution in [3.63, 3.8) is 0 Å². The van der Waals surface area contributed by atoms with Crippen molar-refractivity contribution in [2.75, 3.05) is 4.90 Å². The second kappa shape index (κ2) is 7.33. The van der Waals surface area contributed by atoms with Crippen molar-refractivity contribution in [3.05, 3.63) is 127 Å². The Hall–Kier alpha value is -4.36. The second-order valence-electron chi connectivity index (χ2n) is 9.03. The number of fused-ring (bicyclic) bond motifs is 3. The molecule has 0 N–H and O–H groups in total. The maximum Gasteiger partial charge on any atom is 0.0546 e. The first-order valence-corrected chi connectivity index (χ1v) is 11.8. The van der Waals surface area contributed by atoms with E-state index in [2.05, 4.69) is 133 Å². The third-order valence-electron chi connectivity index (χ3n) is 7.11. The highest BCUT2D eigenvalue weighted by Crippen LogP contribution is 2.47. The summed E-state index contributed by atoms with van der Waals surface area (Å²) < 4.78 is 0. The first kappa shape index (κ1) is 19.1. The summed E-state index contributed by atoms with van der Waals surface area (Å²) in [5.41, 5.74) is 4.84. The van der Waals surface area contributed by atoms with Crippen LogP contribution < -0.4 is 4.90 Å². The maximum absolute atomic E-state index is 2.39. The van der Waals surface area contributed by atoms with Crippen molar-refractivity contribution in [2.45, 2.75) is 6.92 Å². The van der Waals surface area contributed by atoms with Gasteiger partial charge in [-0.3, -0.25) is 0 Å². The van der Waals surface area contributed by atoms with Gasteiger partial charge in [-0.1, -0.05) is 91.0 Å². The zero-order valence-electron chi connectivity index (χ0n) is 19.0. The Morgan fingerprint density at radius 3 is 1.68 bits per heavy atom. The lowest BCUT2D eigenvalue weighted by Crippen LogP contribution is -2.10. The molecule has 7 aromatic rings. The Labute approximate surface area is 198 Å². The van der Waals surface area contributed by atoms with Crippen molar-refractivity contribution in [3.8, 4) is 0 Å². The Morgan fingerprint density at radius 1 is 0.412 bits per heavy atom. The molecule has 0 bridgehead atoms. The third kappa shape index (κ3) is 2.67. The quantitative estimate of drug-likeness (QED) is 0.198. The summed E-state index contributed by atoms with van der Waals surface area (Å²) in [6, 6.07) is 44.0. The Balaban J connectivity index is 1.72. The highest BCUT2D eigenvalue weighted by atomic mass is 15.1. The van der Waals surface area contributed by atoms with Gasteiger partial charge in [-0.2, -0.15) is 0 Å². The van der Waals surface area contributed by atoms with E-state index >= 15 is 0 Å². The Kier molecular flexibility index (Phi) is 4.13. The second-order valence-corrected chi connectivity index (χ2v) is 9.03. The van der Waals surface area contributed by atoms with Gasteiger partial charge in [-0.05, 0) is 75.1 Å². The van der Waals surface area contributed by atoms with Crippen LogP contribution in [0.15, 0.2) is 121 Å². The lowest BCUT2D eigenvalue weighted by Gasteiger charge is -2.28. The van der Waals surface area contributed by atoms with Gasteiger partial charge in [0.15, 0.2) is 0 Å². The molecule has 0 saturated heterocycles. The van der Waals surface area contributed by atoms with E-state index in [1.807, 2.05) is 0 Å². The fourth-order valence-electron chi connectivity index (χ4n) is 5.60. The molecule has 0 aromatic heterocycles. The third-order valence-corrected chi connectivity index (χ3v) is 7.11. The normalized spacial score (nSPS) is 11.7. The van der Waals surface area contributed by atoms with E-state index in [1.54, 1.807) is 0 Å². The summed E-state index contributed by atoms with van der Waals surface area (Å²) in [4.78, 5) is 2.39. The summed E-state index contributed by atoms with van der Waals surface area (Å²) in [5, 5.41) is 10.6. The first-order valence-electron chi connectivity index (χ1n) is 11.8. The summed E-state index contributed by atoms with van der Waals surface area (Å²) in [6.45, 7) is 2.22. The van der Waals surface area contributed by atoms with E-state index in [0.29, 0.717) is 0 Å². The van der Waals surface area contributed by atoms with Crippen molar-refractivity contribution in [1.29, 1.82) is 0 Å². The minimum Gasteiger partial charge on any atom is -0.310 e. The minimum absolute atomic E-state index is 1.16. The maximum atomic E-state index is 2.39. The van der Waals surface area contributed by atoms with Gasteiger partial charge in [-0.25, -0.2) is 0 Å². The van der Waals surface area contributed by atoms with Crippen LogP contribution in [0.1, 0.15) is 5.56 Å². The van der Waals surface area contributed by atoms with E-state index < -0.39 is 0 Å². The van der Waals surface area contributed by atoms with Gasteiger partial charge >= 0.3 is 0 Å². The molecule has 0 amide bonds. The predicted octanol–water partition coefficient (Wildman–Crippen LogP) is 9.52. The molecule has 0 spiro atoms. The molecule has 0 atom stereocenters. The van der Waals surface area contributed by atoms with Gasteiger partial charge < -0.3 is 4.90 Å². The topological polar surface area (TPSA) is 3.24 Å².